The predicted octanol–water partition coefficient (Wildman–Crippen LogP) is 0.785. The van der Waals surface area contributed by atoms with Crippen LogP contribution in [0.5, 0.6) is 0 Å². The Balaban J connectivity index is 2.78. The van der Waals surface area contributed by atoms with E-state index in [4.69, 9.17) is 11.6 Å². The quantitative estimate of drug-likeness (QED) is 0.774. The van der Waals surface area contributed by atoms with Gasteiger partial charge in [-0.25, -0.2) is 9.97 Å². The van der Waals surface area contributed by atoms with E-state index in [1.165, 1.54) is 12.4 Å². The zero-order valence-electron chi connectivity index (χ0n) is 8.23. The number of nitrogens with zero attached hydrogens (tertiary/aromatic N) is 2. The summed E-state index contributed by atoms with van der Waals surface area (Å²) in [6, 6.07) is 1.13. The van der Waals surface area contributed by atoms with Gasteiger partial charge in [-0.05, 0) is 13.8 Å². The van der Waals surface area contributed by atoms with Crippen molar-refractivity contribution >= 4 is 27.6 Å². The molecule has 0 aliphatic heterocycles. The number of aromatic nitrogens is 2. The highest BCUT2D eigenvalue weighted by Gasteiger charge is 2.11. The molecule has 1 heterocycles. The van der Waals surface area contributed by atoms with Crippen molar-refractivity contribution in [2.75, 3.05) is 4.72 Å². The summed E-state index contributed by atoms with van der Waals surface area (Å²) >= 11 is 5.57. The van der Waals surface area contributed by atoms with Crippen LogP contribution in [-0.2, 0) is 10.2 Å². The first-order valence-electron chi connectivity index (χ1n) is 4.16. The molecule has 0 bridgehead atoms. The zero-order chi connectivity index (χ0) is 11.5. The highest BCUT2D eigenvalue weighted by atomic mass is 35.5. The van der Waals surface area contributed by atoms with E-state index in [-0.39, 0.29) is 17.0 Å². The lowest BCUT2D eigenvalue weighted by Gasteiger charge is -2.10. The molecule has 1 aromatic rings. The summed E-state index contributed by atoms with van der Waals surface area (Å²) in [7, 11) is -3.60. The average Bonchev–Trinajstić information content (AvgIpc) is 1.99. The Kier molecular flexibility index (Phi) is 3.83. The fourth-order valence-electron chi connectivity index (χ4n) is 0.867. The lowest BCUT2D eigenvalue weighted by atomic mass is 10.4. The molecular weight excluding hydrogens is 240 g/mol. The maximum atomic E-state index is 11.4. The Labute approximate surface area is 93.3 Å². The Morgan fingerprint density at radius 3 is 2.60 bits per heavy atom. The average molecular weight is 251 g/mol. The third-order valence-corrected chi connectivity index (χ3v) is 2.73. The molecule has 1 aromatic heterocycles. The fraction of sp³-hybridized carbons (Fsp3) is 0.429. The SMILES string of the molecule is CC(C)NS(=O)(=O)Nc1cc(Cl)ncn1. The number of anilines is 1. The van der Waals surface area contributed by atoms with Crippen LogP contribution in [0.3, 0.4) is 0 Å². The first-order valence-corrected chi connectivity index (χ1v) is 6.03. The van der Waals surface area contributed by atoms with E-state index in [1.54, 1.807) is 13.8 Å². The molecule has 0 saturated carbocycles. The van der Waals surface area contributed by atoms with E-state index >= 15 is 0 Å². The summed E-state index contributed by atoms with van der Waals surface area (Å²) in [5.74, 6) is 0.128. The van der Waals surface area contributed by atoms with Gasteiger partial charge < -0.3 is 0 Å². The Morgan fingerprint density at radius 2 is 2.07 bits per heavy atom. The Bertz CT molecular complexity index is 434. The summed E-state index contributed by atoms with van der Waals surface area (Å²) in [5.41, 5.74) is 0. The molecule has 0 spiro atoms. The van der Waals surface area contributed by atoms with Crippen LogP contribution >= 0.6 is 11.6 Å². The minimum atomic E-state index is -3.60. The second-order valence-electron chi connectivity index (χ2n) is 3.10. The van der Waals surface area contributed by atoms with Crippen molar-refractivity contribution in [2.24, 2.45) is 0 Å². The molecule has 0 atom stereocenters. The van der Waals surface area contributed by atoms with E-state index in [0.29, 0.717) is 0 Å². The number of nitrogens with one attached hydrogen (secondary N) is 2. The summed E-state index contributed by atoms with van der Waals surface area (Å²) in [5, 5.41) is 0.173. The molecule has 0 fully saturated rings. The van der Waals surface area contributed by atoms with Crippen LogP contribution in [0.15, 0.2) is 12.4 Å². The van der Waals surface area contributed by atoms with E-state index in [9.17, 15) is 8.42 Å². The van der Waals surface area contributed by atoms with Crippen molar-refractivity contribution in [3.8, 4) is 0 Å². The summed E-state index contributed by atoms with van der Waals surface area (Å²) < 4.78 is 27.4. The molecule has 84 valence electrons. The third kappa shape index (κ3) is 4.41. The number of rotatable bonds is 4. The molecule has 2 N–H and O–H groups in total. The third-order valence-electron chi connectivity index (χ3n) is 1.26. The van der Waals surface area contributed by atoms with E-state index in [2.05, 4.69) is 19.4 Å². The van der Waals surface area contributed by atoms with Crippen molar-refractivity contribution in [3.05, 3.63) is 17.5 Å². The van der Waals surface area contributed by atoms with Crippen molar-refractivity contribution in [3.63, 3.8) is 0 Å². The van der Waals surface area contributed by atoms with Crippen LogP contribution in [0, 0.1) is 0 Å². The summed E-state index contributed by atoms with van der Waals surface area (Å²) in [6.07, 6.45) is 1.18. The predicted molar refractivity (Wildman–Crippen MR) is 57.9 cm³/mol. The van der Waals surface area contributed by atoms with E-state index < -0.39 is 10.2 Å². The van der Waals surface area contributed by atoms with Gasteiger partial charge in [0.05, 0.1) is 0 Å². The first kappa shape index (κ1) is 12.2. The molecular formula is C7H11ClN4O2S. The largest absolute Gasteiger partial charge is 0.300 e. The number of hydrogen-bond donors (Lipinski definition) is 2. The molecule has 0 aromatic carbocycles. The van der Waals surface area contributed by atoms with Gasteiger partial charge in [-0.1, -0.05) is 11.6 Å². The van der Waals surface area contributed by atoms with Gasteiger partial charge in [0.2, 0.25) is 0 Å². The minimum absolute atomic E-state index is 0.128. The fourth-order valence-corrected chi connectivity index (χ4v) is 2.08. The molecule has 0 saturated heterocycles. The maximum Gasteiger partial charge on any atom is 0.300 e. The second-order valence-corrected chi connectivity index (χ2v) is 4.94. The molecule has 0 amide bonds. The molecule has 0 aliphatic rings. The van der Waals surface area contributed by atoms with Crippen molar-refractivity contribution in [1.29, 1.82) is 0 Å². The van der Waals surface area contributed by atoms with Gasteiger partial charge in [-0.2, -0.15) is 13.1 Å². The van der Waals surface area contributed by atoms with Crippen LogP contribution in [0.4, 0.5) is 5.82 Å². The van der Waals surface area contributed by atoms with E-state index in [0.717, 1.165) is 0 Å². The highest BCUT2D eigenvalue weighted by molar-refractivity contribution is 7.90. The zero-order valence-corrected chi connectivity index (χ0v) is 9.80. The van der Waals surface area contributed by atoms with Crippen molar-refractivity contribution in [2.45, 2.75) is 19.9 Å². The highest BCUT2D eigenvalue weighted by Crippen LogP contribution is 2.09. The monoisotopic (exact) mass is 250 g/mol. The second kappa shape index (κ2) is 4.73. The van der Waals surface area contributed by atoms with Gasteiger partial charge in [-0.3, -0.25) is 4.72 Å². The van der Waals surface area contributed by atoms with Crippen LogP contribution < -0.4 is 9.44 Å². The number of halogens is 1. The van der Waals surface area contributed by atoms with E-state index in [1.807, 2.05) is 0 Å². The van der Waals surface area contributed by atoms with Gasteiger partial charge >= 0.3 is 0 Å². The standard InChI is InChI=1S/C7H11ClN4O2S/c1-5(2)11-15(13,14)12-7-3-6(8)9-4-10-7/h3-5,11H,1-2H3,(H,9,10,12). The Hall–Kier alpha value is -0.920. The molecule has 8 heteroatoms. The molecule has 6 nitrogen and oxygen atoms in total. The molecule has 1 rings (SSSR count). The molecule has 0 aliphatic carbocycles. The number of hydrogen-bond acceptors (Lipinski definition) is 4. The van der Waals surface area contributed by atoms with Gasteiger partial charge in [0.15, 0.2) is 0 Å². The molecule has 0 radical (unpaired) electrons. The minimum Gasteiger partial charge on any atom is -0.254 e. The lowest BCUT2D eigenvalue weighted by Crippen LogP contribution is -2.35. The van der Waals surface area contributed by atoms with Gasteiger partial charge in [0.1, 0.15) is 17.3 Å². The van der Waals surface area contributed by atoms with Gasteiger partial charge in [0.25, 0.3) is 10.2 Å². The maximum absolute atomic E-state index is 11.4. The van der Waals surface area contributed by atoms with Crippen molar-refractivity contribution in [1.82, 2.24) is 14.7 Å². The summed E-state index contributed by atoms with van der Waals surface area (Å²) in [4.78, 5) is 7.34. The van der Waals surface area contributed by atoms with Crippen LogP contribution in [0.25, 0.3) is 0 Å². The van der Waals surface area contributed by atoms with Gasteiger partial charge in [0, 0.05) is 12.1 Å². The van der Waals surface area contributed by atoms with Crippen LogP contribution in [0.2, 0.25) is 5.15 Å². The van der Waals surface area contributed by atoms with Gasteiger partial charge in [-0.15, -0.1) is 0 Å². The molecule has 0 unspecified atom stereocenters. The van der Waals surface area contributed by atoms with Crippen LogP contribution in [0.1, 0.15) is 13.8 Å². The van der Waals surface area contributed by atoms with Crippen molar-refractivity contribution < 1.29 is 8.42 Å². The first-order chi connectivity index (χ1) is 6.89. The topological polar surface area (TPSA) is 84.0 Å². The molecule has 15 heavy (non-hydrogen) atoms. The smallest absolute Gasteiger partial charge is 0.254 e. The Morgan fingerprint density at radius 1 is 1.40 bits per heavy atom. The summed E-state index contributed by atoms with van der Waals surface area (Å²) in [6.45, 7) is 3.43. The normalized spacial score (nSPS) is 11.7. The lowest BCUT2D eigenvalue weighted by molar-refractivity contribution is 0.575. The van der Waals surface area contributed by atoms with Crippen LogP contribution in [-0.4, -0.2) is 24.4 Å².